The monoisotopic (exact) mass is 1140 g/mol. The number of aryl methyl sites for hydroxylation is 1. The van der Waals surface area contributed by atoms with Crippen LogP contribution in [-0.2, 0) is 44.7 Å². The molecule has 6 heterocycles. The van der Waals surface area contributed by atoms with Gasteiger partial charge in [-0.15, -0.1) is 11.3 Å². The number of ether oxygens (including phenoxy) is 3. The lowest BCUT2D eigenvalue weighted by molar-refractivity contribution is -0.144. The Bertz CT molecular complexity index is 2850. The third-order valence-corrected chi connectivity index (χ3v) is 16.4. The van der Waals surface area contributed by atoms with E-state index in [0.717, 1.165) is 44.1 Å². The second-order valence-corrected chi connectivity index (χ2v) is 23.2. The lowest BCUT2D eigenvalue weighted by atomic mass is 9.85. The molecule has 23 heteroatoms. The van der Waals surface area contributed by atoms with E-state index in [0.29, 0.717) is 83.3 Å². The minimum Gasteiger partial charge on any atom is -0.391 e. The van der Waals surface area contributed by atoms with Gasteiger partial charge in [0.25, 0.3) is 0 Å². The molecule has 0 saturated carbocycles. The van der Waals surface area contributed by atoms with Gasteiger partial charge in [0.05, 0.1) is 85.2 Å². The number of carbonyl (C=O) groups is 5. The highest BCUT2D eigenvalue weighted by Gasteiger charge is 2.45. The van der Waals surface area contributed by atoms with Crippen LogP contribution in [0.2, 0.25) is 5.02 Å². The molecule has 0 spiro atoms. The third-order valence-electron chi connectivity index (χ3n) is 15.2. The van der Waals surface area contributed by atoms with Gasteiger partial charge in [-0.05, 0) is 66.5 Å². The average Bonchev–Trinajstić information content (AvgIpc) is 4.26. The molecule has 3 fully saturated rings. The summed E-state index contributed by atoms with van der Waals surface area (Å²) < 4.78 is 17.0. The van der Waals surface area contributed by atoms with E-state index in [4.69, 9.17) is 31.5 Å². The van der Waals surface area contributed by atoms with Crippen LogP contribution in [-0.4, -0.2) is 185 Å². The maximum atomic E-state index is 14.0. The van der Waals surface area contributed by atoms with Crippen molar-refractivity contribution in [3.8, 4) is 10.4 Å². The van der Waals surface area contributed by atoms with Crippen molar-refractivity contribution in [1.29, 1.82) is 0 Å². The molecule has 0 bridgehead atoms. The lowest BCUT2D eigenvalue weighted by Gasteiger charge is -2.39. The second kappa shape index (κ2) is 28.0. The number of H-pyrrole nitrogens is 1. The zero-order valence-corrected chi connectivity index (χ0v) is 47.9. The number of likely N-dealkylation sites (tertiary alicyclic amines) is 1. The number of hydrogen-bond donors (Lipinski definition) is 6. The van der Waals surface area contributed by atoms with Crippen molar-refractivity contribution in [2.24, 2.45) is 11.1 Å². The Morgan fingerprint density at radius 3 is 2.20 bits per heavy atom. The summed E-state index contributed by atoms with van der Waals surface area (Å²) in [6, 6.07) is 15.2. The molecular formula is C57H77ClN12O9S. The molecule has 5 amide bonds. The van der Waals surface area contributed by atoms with E-state index in [1.807, 2.05) is 98.9 Å². The molecule has 3 aromatic heterocycles. The van der Waals surface area contributed by atoms with Crippen molar-refractivity contribution >= 4 is 69.3 Å². The summed E-state index contributed by atoms with van der Waals surface area (Å²) in [5.74, 6) is -0.503. The van der Waals surface area contributed by atoms with Gasteiger partial charge in [-0.2, -0.15) is 0 Å². The third kappa shape index (κ3) is 16.1. The van der Waals surface area contributed by atoms with Crippen LogP contribution in [0.3, 0.4) is 0 Å². The summed E-state index contributed by atoms with van der Waals surface area (Å²) in [4.78, 5) is 92.7. The first kappa shape index (κ1) is 60.0. The summed E-state index contributed by atoms with van der Waals surface area (Å²) in [6.45, 7) is 13.7. The number of nitrogens with two attached hydrogens (primary N) is 1. The summed E-state index contributed by atoms with van der Waals surface area (Å²) >= 11 is 7.81. The molecular weight excluding hydrogens is 1060 g/mol. The number of halogens is 1. The summed E-state index contributed by atoms with van der Waals surface area (Å²) in [6.07, 6.45) is 4.46. The Hall–Kier alpha value is -6.11. The van der Waals surface area contributed by atoms with Crippen LogP contribution in [0, 0.1) is 12.3 Å². The smallest absolute Gasteiger partial charge is 0.246 e. The molecule has 2 aromatic carbocycles. The predicted octanol–water partition coefficient (Wildman–Crippen LogP) is 4.37. The number of benzene rings is 2. The number of nitrogens with zero attached hydrogens (tertiary/aromatic N) is 7. The van der Waals surface area contributed by atoms with E-state index >= 15 is 0 Å². The molecule has 3 saturated heterocycles. The van der Waals surface area contributed by atoms with Gasteiger partial charge in [0, 0.05) is 83.0 Å². The molecule has 80 heavy (non-hydrogen) atoms. The van der Waals surface area contributed by atoms with Crippen molar-refractivity contribution < 1.29 is 43.3 Å². The minimum absolute atomic E-state index is 0.00563. The maximum absolute atomic E-state index is 14.0. The van der Waals surface area contributed by atoms with Gasteiger partial charge < -0.3 is 60.7 Å². The van der Waals surface area contributed by atoms with Crippen LogP contribution in [0.5, 0.6) is 0 Å². The van der Waals surface area contributed by atoms with Gasteiger partial charge >= 0.3 is 0 Å². The average molecular weight is 1140 g/mol. The number of thiazole rings is 1. The topological polar surface area (TPSA) is 263 Å². The number of β-amino-alcohol motifs (C(OH)–C–C–N with tert-alkyl or cyclic N) is 1. The molecule has 4 atom stereocenters. The SMILES string of the molecule is Cc1ncsc1-c1ccc(CNC(=O)C2C[C@@H](O)CN2C(=O)[C@@H](NC(=O)CCOCCOCCOCCC(=O)N2CCN(CC[C@H](NC(=O)C3(N)CCN(c4ncnc5[nH]ccc45)CC3)c3ccc(Cl)cc3)CC2)C(C)(C)C)cc1. The highest BCUT2D eigenvalue weighted by Crippen LogP contribution is 2.31. The van der Waals surface area contributed by atoms with Crippen molar-refractivity contribution in [3.63, 3.8) is 0 Å². The van der Waals surface area contributed by atoms with Gasteiger partial charge in [-0.25, -0.2) is 15.0 Å². The molecule has 5 aromatic rings. The van der Waals surface area contributed by atoms with Crippen molar-refractivity contribution in [1.82, 2.24) is 50.6 Å². The molecule has 0 radical (unpaired) electrons. The number of anilines is 1. The number of aromatic amines is 1. The number of aromatic nitrogens is 4. The standard InChI is InChI=1S/C57H77ClN12O9S/c1-38-49(80-37-64-38)41-7-5-39(6-8-41)34-61-53(74)46-33-43(71)35-70(46)54(75)50(56(2,3)4)66-47(72)15-27-77-29-31-79-32-30-78-28-16-48(73)68-25-23-67(24-26-68)20-14-45(40-9-11-42(58)12-10-40)65-55(76)57(59)17-21-69(22-18-57)52-44-13-19-60-51(44)62-36-63-52/h5-13,19,36-37,43,45-46,50,71H,14-18,20-35,59H2,1-4H3,(H,61,74)(H,65,76)(H,66,72)(H,60,62,63)/t43-,45+,46?,50-/m1/s1. The van der Waals surface area contributed by atoms with E-state index in [-0.39, 0.29) is 88.5 Å². The number of fused-ring (bicyclic) bond motifs is 1. The predicted molar refractivity (Wildman–Crippen MR) is 306 cm³/mol. The first-order valence-electron chi connectivity index (χ1n) is 27.6. The summed E-state index contributed by atoms with van der Waals surface area (Å²) in [5.41, 5.74) is 11.5. The summed E-state index contributed by atoms with van der Waals surface area (Å²) in [7, 11) is 0. The van der Waals surface area contributed by atoms with Crippen LogP contribution in [0.4, 0.5) is 5.82 Å². The van der Waals surface area contributed by atoms with Crippen molar-refractivity contribution in [2.45, 2.75) is 103 Å². The van der Waals surface area contributed by atoms with E-state index in [1.54, 1.807) is 17.7 Å². The number of piperidine rings is 1. The van der Waals surface area contributed by atoms with Crippen LogP contribution in [0.15, 0.2) is 72.6 Å². The Balaban J connectivity index is 0.668. The molecule has 1 unspecified atom stereocenters. The molecule has 0 aliphatic carbocycles. The van der Waals surface area contributed by atoms with Crippen LogP contribution < -0.4 is 26.6 Å². The zero-order chi connectivity index (χ0) is 56.8. The Labute approximate surface area is 476 Å². The van der Waals surface area contributed by atoms with Gasteiger partial charge in [0.15, 0.2) is 0 Å². The number of hydrogen-bond acceptors (Lipinski definition) is 16. The molecule has 8 rings (SSSR count). The fraction of sp³-hybridized carbons (Fsp3) is 0.544. The number of amides is 5. The number of aliphatic hydroxyl groups excluding tert-OH is 1. The molecule has 21 nitrogen and oxygen atoms in total. The van der Waals surface area contributed by atoms with Gasteiger partial charge in [-0.1, -0.05) is 68.8 Å². The van der Waals surface area contributed by atoms with Crippen molar-refractivity contribution in [2.75, 3.05) is 96.9 Å². The molecule has 7 N–H and O–H groups in total. The van der Waals surface area contributed by atoms with Crippen LogP contribution in [0.1, 0.15) is 82.2 Å². The van der Waals surface area contributed by atoms with E-state index in [9.17, 15) is 29.1 Å². The number of rotatable bonds is 25. The molecule has 3 aliphatic heterocycles. The first-order valence-corrected chi connectivity index (χ1v) is 28.9. The quantitative estimate of drug-likeness (QED) is 0.0444. The van der Waals surface area contributed by atoms with E-state index in [1.165, 1.54) is 4.90 Å². The maximum Gasteiger partial charge on any atom is 0.246 e. The lowest BCUT2D eigenvalue weighted by Crippen LogP contribution is -2.60. The number of piperazine rings is 1. The highest BCUT2D eigenvalue weighted by molar-refractivity contribution is 7.13. The number of carbonyl (C=O) groups excluding carboxylic acids is 5. The van der Waals surface area contributed by atoms with E-state index in [2.05, 4.69) is 45.7 Å². The Kier molecular flexibility index (Phi) is 21.0. The van der Waals surface area contributed by atoms with E-state index < -0.39 is 35.0 Å². The fourth-order valence-electron chi connectivity index (χ4n) is 10.3. The Morgan fingerprint density at radius 2 is 1.54 bits per heavy atom. The molecule has 3 aliphatic rings. The minimum atomic E-state index is -1.03. The largest absolute Gasteiger partial charge is 0.391 e. The second-order valence-electron chi connectivity index (χ2n) is 22.0. The van der Waals surface area contributed by atoms with Gasteiger partial charge in [0.1, 0.15) is 29.9 Å². The summed E-state index contributed by atoms with van der Waals surface area (Å²) in [5, 5.41) is 21.2. The fourth-order valence-corrected chi connectivity index (χ4v) is 11.3. The highest BCUT2D eigenvalue weighted by atomic mass is 35.5. The zero-order valence-electron chi connectivity index (χ0n) is 46.3. The first-order chi connectivity index (χ1) is 38.5. The van der Waals surface area contributed by atoms with Gasteiger partial charge in [-0.3, -0.25) is 28.9 Å². The van der Waals surface area contributed by atoms with Crippen molar-refractivity contribution in [3.05, 3.63) is 94.5 Å². The number of aliphatic hydroxyl groups is 1. The van der Waals surface area contributed by atoms with Crippen LogP contribution in [0.25, 0.3) is 21.5 Å². The van der Waals surface area contributed by atoms with Gasteiger partial charge in [0.2, 0.25) is 29.5 Å². The number of nitrogens with one attached hydrogen (secondary N) is 4. The normalized spacial score (nSPS) is 18.5. The Morgan fingerprint density at radius 1 is 0.863 bits per heavy atom. The van der Waals surface area contributed by atoms with Crippen LogP contribution >= 0.6 is 22.9 Å². The molecule has 432 valence electrons.